The molecule has 0 unspecified atom stereocenters. The average Bonchev–Trinajstić information content (AvgIpc) is 2.03. The maximum Gasteiger partial charge on any atom is 0.00878 e. The molecule has 0 amide bonds. The lowest BCUT2D eigenvalue weighted by Crippen LogP contribution is -2.10. The largest absolute Gasteiger partial charge is 0.104 e. The summed E-state index contributed by atoms with van der Waals surface area (Å²) in [5.74, 6) is 0. The molecule has 1 aromatic rings. The predicted molar refractivity (Wildman–Crippen MR) is 59.5 cm³/mol. The van der Waals surface area contributed by atoms with Gasteiger partial charge in [-0.2, -0.15) is 0 Å². The maximum absolute atomic E-state index is 4.93. The lowest BCUT2D eigenvalue weighted by Gasteiger charge is -2.18. The summed E-state index contributed by atoms with van der Waals surface area (Å²) in [6.45, 7) is 6.65. The van der Waals surface area contributed by atoms with Gasteiger partial charge in [-0.25, -0.2) is 0 Å². The van der Waals surface area contributed by atoms with Gasteiger partial charge in [-0.05, 0) is 34.3 Å². The van der Waals surface area contributed by atoms with Crippen LogP contribution in [0, 0.1) is 0 Å². The van der Waals surface area contributed by atoms with Gasteiger partial charge < -0.3 is 0 Å². The Hall–Kier alpha value is -0.210. The molecule has 0 saturated carbocycles. The number of benzene rings is 1. The highest BCUT2D eigenvalue weighted by atomic mass is 32.8. The topological polar surface area (TPSA) is 0 Å². The molecule has 0 heterocycles. The van der Waals surface area contributed by atoms with Crippen LogP contribution in [0.2, 0.25) is 0 Å². The summed E-state index contributed by atoms with van der Waals surface area (Å²) < 4.78 is 0. The zero-order valence-electron chi connectivity index (χ0n) is 7.66. The molecule has 2 heteroatoms. The SMILES string of the molecule is CC(C)(C)c1ccc([SH]=S)cc1. The Kier molecular flexibility index (Phi) is 3.02. The van der Waals surface area contributed by atoms with Crippen molar-refractivity contribution in [3.8, 4) is 0 Å². The minimum Gasteiger partial charge on any atom is -0.104 e. The van der Waals surface area contributed by atoms with Gasteiger partial charge in [-0.1, -0.05) is 32.9 Å². The Morgan fingerprint density at radius 3 is 1.92 bits per heavy atom. The van der Waals surface area contributed by atoms with Crippen molar-refractivity contribution in [2.24, 2.45) is 0 Å². The normalized spacial score (nSPS) is 11.6. The van der Waals surface area contributed by atoms with Crippen molar-refractivity contribution in [1.29, 1.82) is 0 Å². The van der Waals surface area contributed by atoms with E-state index in [0.29, 0.717) is 0 Å². The minimum atomic E-state index is 0.247. The molecular weight excluding hydrogens is 184 g/mol. The van der Waals surface area contributed by atoms with E-state index >= 15 is 0 Å². The summed E-state index contributed by atoms with van der Waals surface area (Å²) in [4.78, 5) is 1.21. The fourth-order valence-corrected chi connectivity index (χ4v) is 1.66. The van der Waals surface area contributed by atoms with Crippen molar-refractivity contribution in [3.63, 3.8) is 0 Å². The molecule has 0 aromatic heterocycles. The molecule has 0 aliphatic carbocycles. The average molecular weight is 198 g/mol. The van der Waals surface area contributed by atoms with E-state index in [-0.39, 0.29) is 5.41 Å². The highest BCUT2D eigenvalue weighted by Crippen LogP contribution is 2.21. The lowest BCUT2D eigenvalue weighted by molar-refractivity contribution is 0.590. The van der Waals surface area contributed by atoms with Gasteiger partial charge in [-0.15, -0.1) is 10.3 Å². The second-order valence-electron chi connectivity index (χ2n) is 3.89. The van der Waals surface area contributed by atoms with Crippen LogP contribution in [-0.4, -0.2) is 0 Å². The molecule has 0 aliphatic rings. The Labute approximate surface area is 82.6 Å². The van der Waals surface area contributed by atoms with E-state index in [0.717, 1.165) is 10.3 Å². The summed E-state index contributed by atoms with van der Waals surface area (Å²) >= 11 is 4.93. The van der Waals surface area contributed by atoms with E-state index in [4.69, 9.17) is 11.2 Å². The number of rotatable bonds is 1. The van der Waals surface area contributed by atoms with E-state index in [1.165, 1.54) is 10.5 Å². The zero-order chi connectivity index (χ0) is 9.19. The van der Waals surface area contributed by atoms with Crippen LogP contribution in [0.4, 0.5) is 0 Å². The fraction of sp³-hybridized carbons (Fsp3) is 0.400. The van der Waals surface area contributed by atoms with E-state index in [9.17, 15) is 0 Å². The first-order valence-corrected chi connectivity index (χ1v) is 5.89. The highest BCUT2D eigenvalue weighted by molar-refractivity contribution is 8.17. The van der Waals surface area contributed by atoms with Crippen molar-refractivity contribution >= 4 is 21.5 Å². The monoisotopic (exact) mass is 198 g/mol. The lowest BCUT2D eigenvalue weighted by atomic mass is 9.87. The first-order chi connectivity index (χ1) is 5.54. The van der Waals surface area contributed by atoms with E-state index < -0.39 is 0 Å². The quantitative estimate of drug-likeness (QED) is 0.677. The van der Waals surface area contributed by atoms with Crippen LogP contribution in [0.3, 0.4) is 0 Å². The van der Waals surface area contributed by atoms with E-state index in [1.807, 2.05) is 0 Å². The van der Waals surface area contributed by atoms with Gasteiger partial charge >= 0.3 is 0 Å². The van der Waals surface area contributed by atoms with Crippen LogP contribution >= 0.6 is 0 Å². The van der Waals surface area contributed by atoms with Crippen molar-refractivity contribution in [2.45, 2.75) is 31.1 Å². The van der Waals surface area contributed by atoms with Crippen molar-refractivity contribution < 1.29 is 0 Å². The molecule has 0 radical (unpaired) electrons. The van der Waals surface area contributed by atoms with E-state index in [1.54, 1.807) is 0 Å². The Balaban J connectivity index is 3.00. The number of thiol groups is 1. The fourth-order valence-electron chi connectivity index (χ4n) is 1.02. The Morgan fingerprint density at radius 1 is 1.08 bits per heavy atom. The summed E-state index contributed by atoms with van der Waals surface area (Å²) in [5.41, 5.74) is 1.61. The first-order valence-electron chi connectivity index (χ1n) is 3.98. The van der Waals surface area contributed by atoms with E-state index in [2.05, 4.69) is 45.0 Å². The summed E-state index contributed by atoms with van der Waals surface area (Å²) in [7, 11) is 0.932. The molecule has 66 valence electrons. The second-order valence-corrected chi connectivity index (χ2v) is 5.13. The summed E-state index contributed by atoms with van der Waals surface area (Å²) in [6.07, 6.45) is 0. The number of hydrogen-bond acceptors (Lipinski definition) is 1. The van der Waals surface area contributed by atoms with Crippen LogP contribution < -0.4 is 0 Å². The smallest absolute Gasteiger partial charge is 0.00878 e. The van der Waals surface area contributed by atoms with Crippen molar-refractivity contribution in [3.05, 3.63) is 29.8 Å². The van der Waals surface area contributed by atoms with Gasteiger partial charge in [0.25, 0.3) is 0 Å². The van der Waals surface area contributed by atoms with Gasteiger partial charge in [0.2, 0.25) is 0 Å². The standard InChI is InChI=1S/C10H14S2/c1-10(2,3)8-4-6-9(12-11)7-5-8/h4-7,12H,1-3H3. The third-order valence-corrected chi connectivity index (χ3v) is 2.98. The molecule has 12 heavy (non-hydrogen) atoms. The summed E-state index contributed by atoms with van der Waals surface area (Å²) in [6, 6.07) is 8.54. The molecule has 1 aromatic carbocycles. The van der Waals surface area contributed by atoms with Gasteiger partial charge in [-0.3, -0.25) is 0 Å². The summed E-state index contributed by atoms with van der Waals surface area (Å²) in [5, 5.41) is 0. The minimum absolute atomic E-state index is 0.247. The predicted octanol–water partition coefficient (Wildman–Crippen LogP) is 2.62. The molecule has 0 spiro atoms. The van der Waals surface area contributed by atoms with Crippen LogP contribution in [0.25, 0.3) is 0 Å². The zero-order valence-corrected chi connectivity index (χ0v) is 9.38. The van der Waals surface area contributed by atoms with Crippen LogP contribution in [0.1, 0.15) is 26.3 Å². The van der Waals surface area contributed by atoms with Crippen molar-refractivity contribution in [2.75, 3.05) is 0 Å². The molecule has 0 saturated heterocycles. The molecule has 0 fully saturated rings. The molecule has 0 nitrogen and oxygen atoms in total. The third-order valence-electron chi connectivity index (χ3n) is 1.84. The third kappa shape index (κ3) is 2.39. The van der Waals surface area contributed by atoms with Gasteiger partial charge in [0.1, 0.15) is 0 Å². The first kappa shape index (κ1) is 9.87. The van der Waals surface area contributed by atoms with Gasteiger partial charge in [0, 0.05) is 4.90 Å². The maximum atomic E-state index is 4.93. The molecule has 0 atom stereocenters. The molecule has 0 aliphatic heterocycles. The van der Waals surface area contributed by atoms with Crippen LogP contribution in [-0.2, 0) is 26.9 Å². The Morgan fingerprint density at radius 2 is 1.58 bits per heavy atom. The van der Waals surface area contributed by atoms with Crippen LogP contribution in [0.5, 0.6) is 0 Å². The molecule has 0 N–H and O–H groups in total. The van der Waals surface area contributed by atoms with Gasteiger partial charge in [0.15, 0.2) is 0 Å². The van der Waals surface area contributed by atoms with Crippen LogP contribution in [0.15, 0.2) is 29.2 Å². The molecule has 0 bridgehead atoms. The van der Waals surface area contributed by atoms with Gasteiger partial charge in [0.05, 0.1) is 0 Å². The molecule has 1 rings (SSSR count). The second kappa shape index (κ2) is 3.67. The highest BCUT2D eigenvalue weighted by Gasteiger charge is 2.12. The Bertz CT molecular complexity index is 267. The molecular formula is C10H14S2. The number of hydrogen-bond donors (Lipinski definition) is 1. The van der Waals surface area contributed by atoms with Crippen molar-refractivity contribution in [1.82, 2.24) is 0 Å².